The van der Waals surface area contributed by atoms with Crippen LogP contribution in [-0.2, 0) is 9.59 Å². The fourth-order valence-corrected chi connectivity index (χ4v) is 3.66. The van der Waals surface area contributed by atoms with Gasteiger partial charge in [0.1, 0.15) is 11.6 Å². The fourth-order valence-electron chi connectivity index (χ4n) is 3.66. The van der Waals surface area contributed by atoms with Crippen LogP contribution in [0.15, 0.2) is 60.7 Å². The van der Waals surface area contributed by atoms with Crippen LogP contribution >= 0.6 is 0 Å². The summed E-state index contributed by atoms with van der Waals surface area (Å²) < 4.78 is 0. The molecule has 2 aromatic carbocycles. The molecule has 1 atom stereocenters. The Bertz CT molecular complexity index is 1270. The summed E-state index contributed by atoms with van der Waals surface area (Å²) in [7, 11) is 0. The second-order valence-corrected chi connectivity index (χ2v) is 7.28. The number of nitriles is 1. The molecule has 158 valence electrons. The molecule has 32 heavy (non-hydrogen) atoms. The van der Waals surface area contributed by atoms with Crippen LogP contribution in [-0.4, -0.2) is 33.4 Å². The molecule has 1 aliphatic rings. The lowest BCUT2D eigenvalue weighted by molar-refractivity contribution is -0.384. The van der Waals surface area contributed by atoms with E-state index in [1.807, 2.05) is 30.3 Å². The van der Waals surface area contributed by atoms with Crippen molar-refractivity contribution in [3.63, 3.8) is 0 Å². The summed E-state index contributed by atoms with van der Waals surface area (Å²) in [6, 6.07) is 18.6. The molecule has 1 aliphatic heterocycles. The van der Waals surface area contributed by atoms with Gasteiger partial charge in [-0.1, -0.05) is 30.3 Å². The summed E-state index contributed by atoms with van der Waals surface area (Å²) >= 11 is 0. The number of carbonyl (C=O) groups is 2. The number of nitro benzene ring substituents is 1. The minimum absolute atomic E-state index is 0.0788. The largest absolute Gasteiger partial charge is 0.481 e. The number of nitro groups is 1. The number of carbonyl (C=O) groups excluding carboxylic acids is 1. The predicted molar refractivity (Wildman–Crippen MR) is 115 cm³/mol. The molecule has 1 fully saturated rings. The van der Waals surface area contributed by atoms with Gasteiger partial charge in [0.2, 0.25) is 5.91 Å². The molecule has 9 heteroatoms. The van der Waals surface area contributed by atoms with Crippen molar-refractivity contribution in [3.05, 3.63) is 76.3 Å². The molecule has 0 saturated carbocycles. The summed E-state index contributed by atoms with van der Waals surface area (Å²) in [6.07, 6.45) is -0.176. The Balaban J connectivity index is 1.91. The summed E-state index contributed by atoms with van der Waals surface area (Å²) in [4.78, 5) is 40.3. The molecule has 0 bridgehead atoms. The minimum Gasteiger partial charge on any atom is -0.481 e. The van der Waals surface area contributed by atoms with Gasteiger partial charge < -0.3 is 5.11 Å². The maximum atomic E-state index is 12.6. The van der Waals surface area contributed by atoms with Gasteiger partial charge in [0, 0.05) is 36.2 Å². The Kier molecular flexibility index (Phi) is 5.35. The monoisotopic (exact) mass is 428 g/mol. The van der Waals surface area contributed by atoms with Crippen molar-refractivity contribution in [1.82, 2.24) is 4.98 Å². The van der Waals surface area contributed by atoms with Crippen molar-refractivity contribution in [2.45, 2.75) is 6.42 Å². The highest BCUT2D eigenvalue weighted by molar-refractivity contribution is 6.00. The van der Waals surface area contributed by atoms with Gasteiger partial charge >= 0.3 is 5.97 Å². The van der Waals surface area contributed by atoms with Crippen molar-refractivity contribution in [2.75, 3.05) is 11.4 Å². The van der Waals surface area contributed by atoms with E-state index >= 15 is 0 Å². The van der Waals surface area contributed by atoms with E-state index in [4.69, 9.17) is 0 Å². The molecular weight excluding hydrogens is 412 g/mol. The van der Waals surface area contributed by atoms with Crippen LogP contribution in [0.25, 0.3) is 22.4 Å². The van der Waals surface area contributed by atoms with Crippen LogP contribution in [0.1, 0.15) is 12.0 Å². The lowest BCUT2D eigenvalue weighted by atomic mass is 9.98. The zero-order valence-corrected chi connectivity index (χ0v) is 16.6. The highest BCUT2D eigenvalue weighted by atomic mass is 16.6. The average Bonchev–Trinajstić information content (AvgIpc) is 3.20. The molecule has 0 radical (unpaired) electrons. The standard InChI is InChI=1S/C23H16N4O5/c24-12-19-18(14-4-2-1-3-5-14)11-20(15-6-8-17(9-7-15)27(31)32)25-22(19)26-13-16(23(29)30)10-21(26)28/h1-9,11,16H,10,13H2,(H,29,30). The number of hydrogen-bond donors (Lipinski definition) is 1. The number of non-ortho nitro benzene ring substituents is 1. The van der Waals surface area contributed by atoms with E-state index in [9.17, 15) is 30.1 Å². The topological polar surface area (TPSA) is 137 Å². The van der Waals surface area contributed by atoms with E-state index < -0.39 is 22.7 Å². The molecule has 0 spiro atoms. The van der Waals surface area contributed by atoms with Crippen LogP contribution in [0.2, 0.25) is 0 Å². The van der Waals surface area contributed by atoms with Gasteiger partial charge in [-0.25, -0.2) is 4.98 Å². The zero-order valence-electron chi connectivity index (χ0n) is 16.6. The number of nitrogens with zero attached hydrogens (tertiary/aromatic N) is 4. The van der Waals surface area contributed by atoms with Gasteiger partial charge in [-0.05, 0) is 23.8 Å². The van der Waals surface area contributed by atoms with Crippen LogP contribution < -0.4 is 4.90 Å². The molecular formula is C23H16N4O5. The summed E-state index contributed by atoms with van der Waals surface area (Å²) in [5.74, 6) is -2.33. The normalized spacial score (nSPS) is 15.4. The second kappa shape index (κ2) is 8.28. The van der Waals surface area contributed by atoms with Crippen molar-refractivity contribution in [3.8, 4) is 28.5 Å². The molecule has 1 unspecified atom stereocenters. The SMILES string of the molecule is N#Cc1c(-c2ccccc2)cc(-c2ccc([N+](=O)[O-])cc2)nc1N1CC(C(=O)O)CC1=O. The summed E-state index contributed by atoms with van der Waals surface area (Å²) in [5.41, 5.74) is 2.28. The summed E-state index contributed by atoms with van der Waals surface area (Å²) in [5, 5.41) is 30.2. The van der Waals surface area contributed by atoms with Crippen molar-refractivity contribution in [2.24, 2.45) is 5.92 Å². The average molecular weight is 428 g/mol. The third-order valence-electron chi connectivity index (χ3n) is 5.30. The Hall–Kier alpha value is -4.58. The molecule has 9 nitrogen and oxygen atoms in total. The van der Waals surface area contributed by atoms with Crippen molar-refractivity contribution in [1.29, 1.82) is 5.26 Å². The maximum absolute atomic E-state index is 12.6. The Morgan fingerprint density at radius 1 is 1.16 bits per heavy atom. The van der Waals surface area contributed by atoms with Gasteiger partial charge in [-0.3, -0.25) is 24.6 Å². The lowest BCUT2D eigenvalue weighted by Crippen LogP contribution is -2.28. The molecule has 3 aromatic rings. The molecule has 4 rings (SSSR count). The lowest BCUT2D eigenvalue weighted by Gasteiger charge is -2.20. The number of aromatic nitrogens is 1. The first-order valence-corrected chi connectivity index (χ1v) is 9.67. The number of carboxylic acids is 1. The van der Waals surface area contributed by atoms with Crippen molar-refractivity contribution < 1.29 is 19.6 Å². The predicted octanol–water partition coefficient (Wildman–Crippen LogP) is 3.63. The highest BCUT2D eigenvalue weighted by Crippen LogP contribution is 2.36. The third-order valence-corrected chi connectivity index (χ3v) is 5.30. The molecule has 1 saturated heterocycles. The Morgan fingerprint density at radius 2 is 1.84 bits per heavy atom. The van der Waals surface area contributed by atoms with Crippen molar-refractivity contribution >= 4 is 23.4 Å². The molecule has 1 N–H and O–H groups in total. The maximum Gasteiger partial charge on any atom is 0.308 e. The van der Waals surface area contributed by atoms with E-state index in [-0.39, 0.29) is 30.0 Å². The van der Waals surface area contributed by atoms with Crippen LogP contribution in [0.5, 0.6) is 0 Å². The molecule has 1 amide bonds. The smallest absolute Gasteiger partial charge is 0.308 e. The fraction of sp³-hybridized carbons (Fsp3) is 0.130. The molecule has 0 aliphatic carbocycles. The Morgan fingerprint density at radius 3 is 2.41 bits per heavy atom. The highest BCUT2D eigenvalue weighted by Gasteiger charge is 2.37. The number of hydrogen-bond acceptors (Lipinski definition) is 6. The van der Waals surface area contributed by atoms with Gasteiger partial charge in [-0.15, -0.1) is 0 Å². The Labute approximate surface area is 182 Å². The van der Waals surface area contributed by atoms with Crippen LogP contribution in [0.4, 0.5) is 11.5 Å². The second-order valence-electron chi connectivity index (χ2n) is 7.28. The quantitative estimate of drug-likeness (QED) is 0.484. The van der Waals surface area contributed by atoms with Crippen LogP contribution in [0, 0.1) is 27.4 Å². The van der Waals surface area contributed by atoms with E-state index in [2.05, 4.69) is 11.1 Å². The van der Waals surface area contributed by atoms with Crippen LogP contribution in [0.3, 0.4) is 0 Å². The number of amides is 1. The number of rotatable bonds is 5. The number of benzene rings is 2. The minimum atomic E-state index is -1.09. The van der Waals surface area contributed by atoms with Gasteiger partial charge in [0.05, 0.1) is 16.5 Å². The van der Waals surface area contributed by atoms with Gasteiger partial charge in [0.15, 0.2) is 5.82 Å². The van der Waals surface area contributed by atoms with Gasteiger partial charge in [-0.2, -0.15) is 5.26 Å². The van der Waals surface area contributed by atoms with E-state index in [0.717, 1.165) is 5.56 Å². The third kappa shape index (κ3) is 3.77. The first-order valence-electron chi connectivity index (χ1n) is 9.67. The zero-order chi connectivity index (χ0) is 22.8. The number of carboxylic acid groups (broad SMARTS) is 1. The number of aliphatic carboxylic acids is 1. The molecule has 2 heterocycles. The number of pyridine rings is 1. The first kappa shape index (κ1) is 20.7. The number of anilines is 1. The molecule has 1 aromatic heterocycles. The van der Waals surface area contributed by atoms with E-state index in [1.165, 1.54) is 29.2 Å². The first-order chi connectivity index (χ1) is 15.4. The summed E-state index contributed by atoms with van der Waals surface area (Å²) in [6.45, 7) is -0.0895. The van der Waals surface area contributed by atoms with Gasteiger partial charge in [0.25, 0.3) is 5.69 Å². The van der Waals surface area contributed by atoms with E-state index in [0.29, 0.717) is 16.8 Å². The van der Waals surface area contributed by atoms with E-state index in [1.54, 1.807) is 6.07 Å².